The molecule has 0 unspecified atom stereocenters. The molecule has 7 nitrogen and oxygen atoms in total. The molecule has 0 saturated carbocycles. The highest BCUT2D eigenvalue weighted by molar-refractivity contribution is 7.99. The van der Waals surface area contributed by atoms with Gasteiger partial charge < -0.3 is 4.57 Å². The summed E-state index contributed by atoms with van der Waals surface area (Å²) in [5.41, 5.74) is 5.51. The Bertz CT molecular complexity index is 1040. The van der Waals surface area contributed by atoms with Crippen molar-refractivity contribution in [2.75, 3.05) is 11.2 Å². The van der Waals surface area contributed by atoms with Crippen LogP contribution in [0.1, 0.15) is 57.7 Å². The number of Topliss-reactive ketones (excluding diaryl/α,β-unsaturated/α-hetero) is 1. The second kappa shape index (κ2) is 8.65. The predicted molar refractivity (Wildman–Crippen MR) is 114 cm³/mol. The zero-order chi connectivity index (χ0) is 21.1. The van der Waals surface area contributed by atoms with E-state index >= 15 is 0 Å². The molecule has 0 aliphatic rings. The third-order valence-corrected chi connectivity index (χ3v) is 5.72. The number of nitrogens with zero attached hydrogens (tertiary/aromatic N) is 4. The maximum Gasteiger partial charge on any atom is 0.270 e. The molecular formula is C21H25N5O2S. The molecule has 3 rings (SSSR count). The van der Waals surface area contributed by atoms with Crippen LogP contribution in [0, 0.1) is 13.8 Å². The van der Waals surface area contributed by atoms with Crippen LogP contribution in [0.15, 0.2) is 41.6 Å². The van der Waals surface area contributed by atoms with Gasteiger partial charge in [-0.2, -0.15) is 0 Å². The molecule has 29 heavy (non-hydrogen) atoms. The Morgan fingerprint density at radius 2 is 1.83 bits per heavy atom. The van der Waals surface area contributed by atoms with E-state index in [1.807, 2.05) is 43.7 Å². The van der Waals surface area contributed by atoms with Gasteiger partial charge in [0.1, 0.15) is 5.82 Å². The minimum absolute atomic E-state index is 0.0163. The number of ketones is 1. The van der Waals surface area contributed by atoms with Gasteiger partial charge in [-0.3, -0.25) is 19.7 Å². The fourth-order valence-electron chi connectivity index (χ4n) is 3.14. The number of hydrogen-bond acceptors (Lipinski definition) is 5. The largest absolute Gasteiger partial charge is 0.309 e. The van der Waals surface area contributed by atoms with Gasteiger partial charge in [0.15, 0.2) is 10.9 Å². The number of aromatic nitrogens is 4. The van der Waals surface area contributed by atoms with Gasteiger partial charge in [-0.05, 0) is 32.0 Å². The zero-order valence-corrected chi connectivity index (χ0v) is 18.1. The second-order valence-corrected chi connectivity index (χ2v) is 8.14. The summed E-state index contributed by atoms with van der Waals surface area (Å²) in [6.45, 7) is 7.81. The fourth-order valence-corrected chi connectivity index (χ4v) is 3.94. The molecule has 2 aromatic heterocycles. The Labute approximate surface area is 174 Å². The highest BCUT2D eigenvalue weighted by atomic mass is 32.2. The molecule has 1 N–H and O–H groups in total. The molecule has 0 aliphatic carbocycles. The summed E-state index contributed by atoms with van der Waals surface area (Å²) in [5, 5.41) is 9.09. The normalized spacial score (nSPS) is 11.1. The lowest BCUT2D eigenvalue weighted by Crippen LogP contribution is -2.25. The van der Waals surface area contributed by atoms with Crippen molar-refractivity contribution in [1.82, 2.24) is 19.4 Å². The van der Waals surface area contributed by atoms with Gasteiger partial charge in [0.2, 0.25) is 0 Å². The fraction of sp³-hybridized carbons (Fsp3) is 0.333. The zero-order valence-electron chi connectivity index (χ0n) is 17.3. The molecule has 0 saturated heterocycles. The van der Waals surface area contributed by atoms with Crippen LogP contribution in [0.3, 0.4) is 0 Å². The first-order valence-electron chi connectivity index (χ1n) is 9.40. The Hall–Kier alpha value is -2.87. The minimum Gasteiger partial charge on any atom is -0.309 e. The highest BCUT2D eigenvalue weighted by Gasteiger charge is 2.19. The number of rotatable bonds is 7. The van der Waals surface area contributed by atoms with Crippen LogP contribution in [-0.2, 0) is 7.05 Å². The van der Waals surface area contributed by atoms with Crippen LogP contribution in [0.25, 0.3) is 0 Å². The maximum atomic E-state index is 12.8. The van der Waals surface area contributed by atoms with Crippen molar-refractivity contribution in [1.29, 1.82) is 0 Å². The molecule has 0 aliphatic heterocycles. The molecule has 0 radical (unpaired) electrons. The molecule has 1 aromatic carbocycles. The first kappa shape index (κ1) is 20.9. The molecule has 2 heterocycles. The Morgan fingerprint density at radius 1 is 1.14 bits per heavy atom. The van der Waals surface area contributed by atoms with Crippen molar-refractivity contribution in [2.24, 2.45) is 7.05 Å². The summed E-state index contributed by atoms with van der Waals surface area (Å²) < 4.78 is 3.58. The standard InChI is InChI=1S/C21H25N5O2S/c1-13(2)19-22-23-21(25(19)5)29-12-18(27)17-11-14(3)26(15(17)4)24-20(28)16-9-7-6-8-10-16/h6-11,13H,12H2,1-5H3,(H,24,28). The Kier molecular flexibility index (Phi) is 6.22. The minimum atomic E-state index is -0.221. The van der Waals surface area contributed by atoms with Gasteiger partial charge >= 0.3 is 0 Å². The van der Waals surface area contributed by atoms with Gasteiger partial charge in [-0.25, -0.2) is 0 Å². The van der Waals surface area contributed by atoms with E-state index in [4.69, 9.17) is 0 Å². The summed E-state index contributed by atoms with van der Waals surface area (Å²) in [7, 11) is 1.91. The molecule has 152 valence electrons. The van der Waals surface area contributed by atoms with Crippen LogP contribution >= 0.6 is 11.8 Å². The van der Waals surface area contributed by atoms with E-state index in [0.29, 0.717) is 22.0 Å². The van der Waals surface area contributed by atoms with Crippen molar-refractivity contribution >= 4 is 23.5 Å². The van der Waals surface area contributed by atoms with E-state index in [0.717, 1.165) is 11.5 Å². The summed E-state index contributed by atoms with van der Waals surface area (Å²) in [4.78, 5) is 25.3. The first-order chi connectivity index (χ1) is 13.8. The number of hydrogen-bond donors (Lipinski definition) is 1. The molecule has 0 atom stereocenters. The van der Waals surface area contributed by atoms with E-state index in [1.54, 1.807) is 22.9 Å². The molecule has 0 spiro atoms. The monoisotopic (exact) mass is 411 g/mol. The van der Waals surface area contributed by atoms with E-state index < -0.39 is 0 Å². The molecule has 0 bridgehead atoms. The van der Waals surface area contributed by atoms with Crippen LogP contribution in [0.2, 0.25) is 0 Å². The quantitative estimate of drug-likeness (QED) is 0.473. The van der Waals surface area contributed by atoms with Gasteiger partial charge in [0.25, 0.3) is 5.91 Å². The molecule has 3 aromatic rings. The van der Waals surface area contributed by atoms with Gasteiger partial charge in [-0.1, -0.05) is 43.8 Å². The van der Waals surface area contributed by atoms with Crippen molar-refractivity contribution in [2.45, 2.75) is 38.8 Å². The number of carbonyl (C=O) groups excluding carboxylic acids is 2. The maximum absolute atomic E-state index is 12.8. The number of carbonyl (C=O) groups is 2. The van der Waals surface area contributed by atoms with Gasteiger partial charge in [-0.15, -0.1) is 10.2 Å². The van der Waals surface area contributed by atoms with Crippen LogP contribution < -0.4 is 5.43 Å². The summed E-state index contributed by atoms with van der Waals surface area (Å²) in [5.74, 6) is 1.17. The van der Waals surface area contributed by atoms with Crippen LogP contribution in [0.4, 0.5) is 0 Å². The smallest absolute Gasteiger partial charge is 0.270 e. The van der Waals surface area contributed by atoms with Crippen LogP contribution in [0.5, 0.6) is 0 Å². The van der Waals surface area contributed by atoms with Crippen molar-refractivity contribution in [3.05, 3.63) is 64.7 Å². The number of thioether (sulfide) groups is 1. The third kappa shape index (κ3) is 4.42. The number of benzene rings is 1. The van der Waals surface area contributed by atoms with E-state index in [9.17, 15) is 9.59 Å². The average Bonchev–Trinajstić information content (AvgIpc) is 3.21. The molecule has 1 amide bonds. The Morgan fingerprint density at radius 3 is 2.45 bits per heavy atom. The lowest BCUT2D eigenvalue weighted by atomic mass is 10.2. The lowest BCUT2D eigenvalue weighted by molar-refractivity contribution is 0.0999. The molecular weight excluding hydrogens is 386 g/mol. The van der Waals surface area contributed by atoms with Gasteiger partial charge in [0.05, 0.1) is 5.75 Å². The lowest BCUT2D eigenvalue weighted by Gasteiger charge is -2.11. The van der Waals surface area contributed by atoms with Crippen molar-refractivity contribution in [3.63, 3.8) is 0 Å². The van der Waals surface area contributed by atoms with Gasteiger partial charge in [0, 0.05) is 35.5 Å². The summed E-state index contributed by atoms with van der Waals surface area (Å²) in [6.07, 6.45) is 0. The number of nitrogens with one attached hydrogen (secondary N) is 1. The van der Waals surface area contributed by atoms with Crippen LogP contribution in [-0.4, -0.2) is 36.9 Å². The van der Waals surface area contributed by atoms with E-state index in [-0.39, 0.29) is 23.4 Å². The van der Waals surface area contributed by atoms with Crippen molar-refractivity contribution < 1.29 is 9.59 Å². The average molecular weight is 412 g/mol. The Balaban J connectivity index is 1.72. The van der Waals surface area contributed by atoms with E-state index in [1.165, 1.54) is 11.8 Å². The number of aryl methyl sites for hydroxylation is 1. The summed E-state index contributed by atoms with van der Waals surface area (Å²) >= 11 is 1.37. The topological polar surface area (TPSA) is 81.8 Å². The molecule has 0 fully saturated rings. The predicted octanol–water partition coefficient (Wildman–Crippen LogP) is 3.72. The first-order valence-corrected chi connectivity index (χ1v) is 10.4. The second-order valence-electron chi connectivity index (χ2n) is 7.19. The SMILES string of the molecule is Cc1cc(C(=O)CSc2nnc(C(C)C)n2C)c(C)n1NC(=O)c1ccccc1. The summed E-state index contributed by atoms with van der Waals surface area (Å²) in [6, 6.07) is 10.8. The van der Waals surface area contributed by atoms with Crippen molar-refractivity contribution in [3.8, 4) is 0 Å². The highest BCUT2D eigenvalue weighted by Crippen LogP contribution is 2.22. The molecule has 8 heteroatoms. The van der Waals surface area contributed by atoms with E-state index in [2.05, 4.69) is 29.5 Å². The third-order valence-electron chi connectivity index (χ3n) is 4.70. The number of amides is 1.